The molecule has 25 heavy (non-hydrogen) atoms. The number of ether oxygens (including phenoxy) is 2. The molecule has 0 bridgehead atoms. The standard InChI is InChI=1S/C19H28N2O3.ClH/c1-14(24-13-15-4-3-5-18(10-15)23-2)19(22)21-8-6-16-11-20-12-17(16)7-9-21;/h3-5,10,14,16-17,20H,6-9,11-13H2,1-2H3;1H/t14?,16-,17+;. The normalized spacial score (nSPS) is 24.0. The van der Waals surface area contributed by atoms with E-state index in [1.807, 2.05) is 36.1 Å². The first kappa shape index (κ1) is 20.0. The maximum Gasteiger partial charge on any atom is 0.251 e. The lowest BCUT2D eigenvalue weighted by molar-refractivity contribution is -0.143. The van der Waals surface area contributed by atoms with Crippen LogP contribution in [0.15, 0.2) is 24.3 Å². The Hall–Kier alpha value is -1.30. The molecule has 140 valence electrons. The summed E-state index contributed by atoms with van der Waals surface area (Å²) in [6, 6.07) is 7.77. The van der Waals surface area contributed by atoms with E-state index < -0.39 is 6.10 Å². The summed E-state index contributed by atoms with van der Waals surface area (Å²) >= 11 is 0. The van der Waals surface area contributed by atoms with Gasteiger partial charge in [0.2, 0.25) is 0 Å². The average molecular weight is 369 g/mol. The highest BCUT2D eigenvalue weighted by molar-refractivity contribution is 5.85. The van der Waals surface area contributed by atoms with E-state index in [4.69, 9.17) is 9.47 Å². The van der Waals surface area contributed by atoms with Crippen molar-refractivity contribution in [1.29, 1.82) is 0 Å². The van der Waals surface area contributed by atoms with Crippen molar-refractivity contribution in [2.45, 2.75) is 32.5 Å². The summed E-state index contributed by atoms with van der Waals surface area (Å²) in [7, 11) is 1.65. The number of hydrogen-bond acceptors (Lipinski definition) is 4. The van der Waals surface area contributed by atoms with Gasteiger partial charge >= 0.3 is 0 Å². The van der Waals surface area contributed by atoms with Crippen LogP contribution < -0.4 is 10.1 Å². The molecular formula is C19H29ClN2O3. The molecule has 1 aromatic carbocycles. The van der Waals surface area contributed by atoms with Crippen molar-refractivity contribution in [2.75, 3.05) is 33.3 Å². The van der Waals surface area contributed by atoms with E-state index in [0.717, 1.165) is 62.2 Å². The second-order valence-electron chi connectivity index (χ2n) is 6.89. The lowest BCUT2D eigenvalue weighted by Gasteiger charge is -2.24. The van der Waals surface area contributed by atoms with Crippen LogP contribution in [0.2, 0.25) is 0 Å². The highest BCUT2D eigenvalue weighted by atomic mass is 35.5. The quantitative estimate of drug-likeness (QED) is 0.867. The van der Waals surface area contributed by atoms with Gasteiger partial charge in [-0.15, -0.1) is 12.4 Å². The maximum absolute atomic E-state index is 12.7. The highest BCUT2D eigenvalue weighted by Gasteiger charge is 2.32. The van der Waals surface area contributed by atoms with Crippen LogP contribution in [0.3, 0.4) is 0 Å². The van der Waals surface area contributed by atoms with Crippen molar-refractivity contribution in [3.05, 3.63) is 29.8 Å². The number of amides is 1. The first-order chi connectivity index (χ1) is 11.7. The van der Waals surface area contributed by atoms with Gasteiger partial charge in [0.15, 0.2) is 0 Å². The number of rotatable bonds is 5. The van der Waals surface area contributed by atoms with Crippen LogP contribution in [0.1, 0.15) is 25.3 Å². The van der Waals surface area contributed by atoms with Crippen LogP contribution in [0.5, 0.6) is 5.75 Å². The molecule has 1 aromatic rings. The molecule has 1 N–H and O–H groups in total. The van der Waals surface area contributed by atoms with Gasteiger partial charge in [-0.1, -0.05) is 12.1 Å². The van der Waals surface area contributed by atoms with E-state index in [2.05, 4.69) is 5.32 Å². The van der Waals surface area contributed by atoms with Crippen LogP contribution in [-0.4, -0.2) is 50.2 Å². The fraction of sp³-hybridized carbons (Fsp3) is 0.632. The van der Waals surface area contributed by atoms with Crippen molar-refractivity contribution in [1.82, 2.24) is 10.2 Å². The number of likely N-dealkylation sites (tertiary alicyclic amines) is 1. The number of carbonyl (C=O) groups is 1. The second-order valence-corrected chi connectivity index (χ2v) is 6.89. The molecule has 5 nitrogen and oxygen atoms in total. The largest absolute Gasteiger partial charge is 0.497 e. The van der Waals surface area contributed by atoms with Crippen LogP contribution in [-0.2, 0) is 16.1 Å². The fourth-order valence-corrected chi connectivity index (χ4v) is 3.75. The predicted octanol–water partition coefficient (Wildman–Crippen LogP) is 2.48. The maximum atomic E-state index is 12.7. The van der Waals surface area contributed by atoms with Crippen molar-refractivity contribution >= 4 is 18.3 Å². The lowest BCUT2D eigenvalue weighted by Crippen LogP contribution is -2.40. The summed E-state index contributed by atoms with van der Waals surface area (Å²) in [5, 5.41) is 3.47. The number of fused-ring (bicyclic) bond motifs is 1. The summed E-state index contributed by atoms with van der Waals surface area (Å²) in [6.45, 7) is 6.20. The zero-order chi connectivity index (χ0) is 16.9. The molecule has 2 aliphatic rings. The van der Waals surface area contributed by atoms with E-state index in [9.17, 15) is 4.79 Å². The minimum atomic E-state index is -0.410. The average Bonchev–Trinajstić information content (AvgIpc) is 2.97. The van der Waals surface area contributed by atoms with E-state index in [0.29, 0.717) is 6.61 Å². The van der Waals surface area contributed by atoms with Gasteiger partial charge in [-0.3, -0.25) is 4.79 Å². The lowest BCUT2D eigenvalue weighted by atomic mass is 9.92. The second kappa shape index (κ2) is 9.41. The molecule has 0 aromatic heterocycles. The Morgan fingerprint density at radius 3 is 2.60 bits per heavy atom. The van der Waals surface area contributed by atoms with E-state index >= 15 is 0 Å². The number of methoxy groups -OCH3 is 1. The molecule has 2 saturated heterocycles. The van der Waals surface area contributed by atoms with Crippen molar-refractivity contribution in [2.24, 2.45) is 11.8 Å². The number of benzene rings is 1. The van der Waals surface area contributed by atoms with Crippen LogP contribution in [0, 0.1) is 11.8 Å². The monoisotopic (exact) mass is 368 g/mol. The zero-order valence-corrected chi connectivity index (χ0v) is 15.9. The van der Waals surface area contributed by atoms with Crippen LogP contribution in [0.25, 0.3) is 0 Å². The van der Waals surface area contributed by atoms with Crippen molar-refractivity contribution in [3.8, 4) is 5.75 Å². The smallest absolute Gasteiger partial charge is 0.251 e. The molecule has 3 atom stereocenters. The third-order valence-corrected chi connectivity index (χ3v) is 5.31. The van der Waals surface area contributed by atoms with E-state index in [1.54, 1.807) is 7.11 Å². The third-order valence-electron chi connectivity index (χ3n) is 5.31. The zero-order valence-electron chi connectivity index (χ0n) is 15.1. The SMILES string of the molecule is COc1cccc(COC(C)C(=O)N2CC[C@@H]3CNC[C@@H]3CC2)c1.Cl. The van der Waals surface area contributed by atoms with Crippen molar-refractivity contribution < 1.29 is 14.3 Å². The molecule has 1 amide bonds. The number of carbonyl (C=O) groups excluding carboxylic acids is 1. The Bertz CT molecular complexity index is 555. The molecule has 6 heteroatoms. The first-order valence-corrected chi connectivity index (χ1v) is 8.91. The first-order valence-electron chi connectivity index (χ1n) is 8.91. The minimum absolute atomic E-state index is 0. The van der Waals surface area contributed by atoms with Gasteiger partial charge < -0.3 is 19.7 Å². The Kier molecular flexibility index (Phi) is 7.54. The number of hydrogen-bond donors (Lipinski definition) is 1. The Balaban J connectivity index is 0.00000225. The van der Waals surface area contributed by atoms with E-state index in [-0.39, 0.29) is 18.3 Å². The molecule has 2 fully saturated rings. The molecule has 2 aliphatic heterocycles. The highest BCUT2D eigenvalue weighted by Crippen LogP contribution is 2.27. The molecule has 0 saturated carbocycles. The molecule has 0 radical (unpaired) electrons. The molecule has 0 aliphatic carbocycles. The Morgan fingerprint density at radius 2 is 1.96 bits per heavy atom. The third kappa shape index (κ3) is 5.09. The minimum Gasteiger partial charge on any atom is -0.497 e. The fourth-order valence-electron chi connectivity index (χ4n) is 3.75. The van der Waals surface area contributed by atoms with Crippen LogP contribution in [0.4, 0.5) is 0 Å². The number of halogens is 1. The van der Waals surface area contributed by atoms with Gasteiger partial charge in [-0.25, -0.2) is 0 Å². The summed E-state index contributed by atoms with van der Waals surface area (Å²) in [6.07, 6.45) is 1.80. The Labute approximate surface area is 156 Å². The molecule has 1 unspecified atom stereocenters. The number of nitrogens with zero attached hydrogens (tertiary/aromatic N) is 1. The van der Waals surface area contributed by atoms with Gasteiger partial charge in [0.25, 0.3) is 5.91 Å². The van der Waals surface area contributed by atoms with Gasteiger partial charge in [0.05, 0.1) is 13.7 Å². The number of nitrogens with one attached hydrogen (secondary N) is 1. The molecule has 3 rings (SSSR count). The van der Waals surface area contributed by atoms with Crippen molar-refractivity contribution in [3.63, 3.8) is 0 Å². The van der Waals surface area contributed by atoms with Gasteiger partial charge in [0.1, 0.15) is 11.9 Å². The molecule has 0 spiro atoms. The van der Waals surface area contributed by atoms with Gasteiger partial charge in [-0.2, -0.15) is 0 Å². The topological polar surface area (TPSA) is 50.8 Å². The summed E-state index contributed by atoms with van der Waals surface area (Å²) in [4.78, 5) is 14.7. The summed E-state index contributed by atoms with van der Waals surface area (Å²) < 4.78 is 11.0. The predicted molar refractivity (Wildman–Crippen MR) is 100 cm³/mol. The summed E-state index contributed by atoms with van der Waals surface area (Å²) in [5.41, 5.74) is 1.02. The van der Waals surface area contributed by atoms with Gasteiger partial charge in [0, 0.05) is 13.1 Å². The van der Waals surface area contributed by atoms with E-state index in [1.165, 1.54) is 0 Å². The Morgan fingerprint density at radius 1 is 1.28 bits per heavy atom. The summed E-state index contributed by atoms with van der Waals surface area (Å²) in [5.74, 6) is 2.39. The van der Waals surface area contributed by atoms with Crippen LogP contribution >= 0.6 is 12.4 Å². The molecular weight excluding hydrogens is 340 g/mol. The van der Waals surface area contributed by atoms with Gasteiger partial charge in [-0.05, 0) is 62.4 Å². The molecule has 2 heterocycles.